The highest BCUT2D eigenvalue weighted by Gasteiger charge is 2.42. The van der Waals surface area contributed by atoms with Crippen molar-refractivity contribution >= 4 is 23.3 Å². The van der Waals surface area contributed by atoms with Crippen LogP contribution < -0.4 is 0 Å². The van der Waals surface area contributed by atoms with Crippen LogP contribution in [0.4, 0.5) is 0 Å². The van der Waals surface area contributed by atoms with Gasteiger partial charge in [0.2, 0.25) is 0 Å². The van der Waals surface area contributed by atoms with Gasteiger partial charge in [-0.05, 0) is 38.1 Å². The van der Waals surface area contributed by atoms with Crippen LogP contribution in [-0.2, 0) is 29.4 Å². The fourth-order valence-electron chi connectivity index (χ4n) is 2.58. The normalized spacial score (nSPS) is 21.8. The van der Waals surface area contributed by atoms with Crippen LogP contribution >= 0.6 is 11.3 Å². The number of hydrogen-bond donors (Lipinski definition) is 0. The molecule has 0 radical (unpaired) electrons. The summed E-state index contributed by atoms with van der Waals surface area (Å²) in [5.41, 5.74) is -1.24. The van der Waals surface area contributed by atoms with E-state index in [0.29, 0.717) is 32.5 Å². The number of thiophene rings is 1. The van der Waals surface area contributed by atoms with Crippen molar-refractivity contribution in [1.29, 1.82) is 0 Å². The molecule has 5 nitrogen and oxygen atoms in total. The third-order valence-corrected chi connectivity index (χ3v) is 5.88. The lowest BCUT2D eigenvalue weighted by molar-refractivity contribution is -0.169. The molecule has 2 heterocycles. The Bertz CT molecular complexity index is 573. The van der Waals surface area contributed by atoms with Crippen LogP contribution in [0.25, 0.3) is 0 Å². The number of esters is 2. The third kappa shape index (κ3) is 4.82. The van der Waals surface area contributed by atoms with Crippen LogP contribution in [0, 0.1) is 5.41 Å². The van der Waals surface area contributed by atoms with Crippen LogP contribution in [0.15, 0.2) is 17.5 Å². The Kier molecular flexibility index (Phi) is 6.63. The number of hydrogen-bond acceptors (Lipinski definition) is 6. The van der Waals surface area contributed by atoms with Gasteiger partial charge in [-0.3, -0.25) is 9.59 Å². The van der Waals surface area contributed by atoms with E-state index < -0.39 is 17.1 Å². The standard InChI is InChI=1S/C19H28O5S/c1-5-14(23-17(21)18(3,4)6-2)12-16(20)24-19(9-10-22-13-19)15-8-7-11-25-15/h7-8,11,14H,5-6,9-10,12-13H2,1-4H3. The maximum Gasteiger partial charge on any atom is 0.311 e. The molecule has 2 unspecified atom stereocenters. The third-order valence-electron chi connectivity index (χ3n) is 4.82. The molecule has 0 aromatic carbocycles. The molecule has 25 heavy (non-hydrogen) atoms. The minimum absolute atomic E-state index is 0.0646. The van der Waals surface area contributed by atoms with Gasteiger partial charge in [-0.25, -0.2) is 0 Å². The van der Waals surface area contributed by atoms with Crippen LogP contribution in [0.5, 0.6) is 0 Å². The molecule has 2 atom stereocenters. The van der Waals surface area contributed by atoms with Gasteiger partial charge in [0.1, 0.15) is 6.10 Å². The molecule has 0 bridgehead atoms. The summed E-state index contributed by atoms with van der Waals surface area (Å²) < 4.78 is 16.9. The molecule has 6 heteroatoms. The molecule has 1 aromatic heterocycles. The smallest absolute Gasteiger partial charge is 0.311 e. The van der Waals surface area contributed by atoms with E-state index in [2.05, 4.69) is 0 Å². The van der Waals surface area contributed by atoms with Gasteiger partial charge >= 0.3 is 11.9 Å². The fraction of sp³-hybridized carbons (Fsp3) is 0.684. The van der Waals surface area contributed by atoms with E-state index in [1.165, 1.54) is 0 Å². The van der Waals surface area contributed by atoms with Crippen molar-refractivity contribution in [2.24, 2.45) is 5.41 Å². The van der Waals surface area contributed by atoms with E-state index in [9.17, 15) is 9.59 Å². The molecule has 1 aromatic rings. The lowest BCUT2D eigenvalue weighted by Gasteiger charge is -2.28. The Balaban J connectivity index is 1.98. The van der Waals surface area contributed by atoms with E-state index in [4.69, 9.17) is 14.2 Å². The van der Waals surface area contributed by atoms with Gasteiger partial charge in [0.05, 0.1) is 29.9 Å². The van der Waals surface area contributed by atoms with Gasteiger partial charge in [0.25, 0.3) is 0 Å². The second-order valence-corrected chi connectivity index (χ2v) is 8.07. The Labute approximate surface area is 153 Å². The minimum atomic E-state index is -0.698. The molecular weight excluding hydrogens is 340 g/mol. The highest BCUT2D eigenvalue weighted by Crippen LogP contribution is 2.37. The van der Waals surface area contributed by atoms with Gasteiger partial charge in [-0.15, -0.1) is 11.3 Å². The summed E-state index contributed by atoms with van der Waals surface area (Å²) in [6.45, 7) is 8.49. The second kappa shape index (κ2) is 8.32. The summed E-state index contributed by atoms with van der Waals surface area (Å²) in [4.78, 5) is 25.7. The minimum Gasteiger partial charge on any atom is -0.461 e. The molecule has 2 rings (SSSR count). The molecule has 140 valence electrons. The molecule has 1 aliphatic rings. The van der Waals surface area contributed by atoms with Crippen molar-refractivity contribution in [1.82, 2.24) is 0 Å². The van der Waals surface area contributed by atoms with E-state index in [-0.39, 0.29) is 18.4 Å². The second-order valence-electron chi connectivity index (χ2n) is 7.13. The van der Waals surface area contributed by atoms with Crippen molar-refractivity contribution < 1.29 is 23.8 Å². The van der Waals surface area contributed by atoms with Gasteiger partial charge in [-0.1, -0.05) is 19.9 Å². The fourth-order valence-corrected chi connectivity index (χ4v) is 3.46. The lowest BCUT2D eigenvalue weighted by atomic mass is 9.90. The zero-order valence-electron chi connectivity index (χ0n) is 15.5. The molecule has 0 saturated carbocycles. The van der Waals surface area contributed by atoms with Crippen molar-refractivity contribution in [2.75, 3.05) is 13.2 Å². The monoisotopic (exact) mass is 368 g/mol. The van der Waals surface area contributed by atoms with Crippen molar-refractivity contribution in [3.05, 3.63) is 22.4 Å². The summed E-state index contributed by atoms with van der Waals surface area (Å²) >= 11 is 1.56. The number of ether oxygens (including phenoxy) is 3. The average molecular weight is 368 g/mol. The topological polar surface area (TPSA) is 61.8 Å². The summed E-state index contributed by atoms with van der Waals surface area (Å²) in [6.07, 6.45) is 1.51. The highest BCUT2D eigenvalue weighted by molar-refractivity contribution is 7.10. The Hall–Kier alpha value is -1.40. The van der Waals surface area contributed by atoms with Gasteiger partial charge < -0.3 is 14.2 Å². The van der Waals surface area contributed by atoms with E-state index in [0.717, 1.165) is 4.88 Å². The zero-order chi connectivity index (χ0) is 18.5. The Morgan fingerprint density at radius 2 is 2.16 bits per heavy atom. The molecular formula is C19H28O5S. The lowest BCUT2D eigenvalue weighted by Crippen LogP contribution is -2.35. The first-order valence-corrected chi connectivity index (χ1v) is 9.75. The highest BCUT2D eigenvalue weighted by atomic mass is 32.1. The summed E-state index contributed by atoms with van der Waals surface area (Å²) in [7, 11) is 0. The first-order chi connectivity index (χ1) is 11.8. The number of carbonyl (C=O) groups is 2. The largest absolute Gasteiger partial charge is 0.461 e. The maximum atomic E-state index is 12.5. The zero-order valence-corrected chi connectivity index (χ0v) is 16.3. The van der Waals surface area contributed by atoms with Gasteiger partial charge in [-0.2, -0.15) is 0 Å². The van der Waals surface area contributed by atoms with Gasteiger partial charge in [0.15, 0.2) is 5.60 Å². The van der Waals surface area contributed by atoms with Crippen LogP contribution in [0.3, 0.4) is 0 Å². The van der Waals surface area contributed by atoms with Crippen molar-refractivity contribution in [3.8, 4) is 0 Å². The van der Waals surface area contributed by atoms with Crippen molar-refractivity contribution in [3.63, 3.8) is 0 Å². The maximum absolute atomic E-state index is 12.5. The van der Waals surface area contributed by atoms with E-state index >= 15 is 0 Å². The molecule has 0 spiro atoms. The molecule has 0 amide bonds. The predicted molar refractivity (Wildman–Crippen MR) is 96.4 cm³/mol. The Morgan fingerprint density at radius 3 is 2.68 bits per heavy atom. The van der Waals surface area contributed by atoms with Gasteiger partial charge in [0, 0.05) is 6.42 Å². The molecule has 1 fully saturated rings. The predicted octanol–water partition coefficient (Wildman–Crippen LogP) is 4.06. The average Bonchev–Trinajstić information content (AvgIpc) is 3.26. The molecule has 1 aliphatic heterocycles. The summed E-state index contributed by atoms with van der Waals surface area (Å²) in [6, 6.07) is 3.91. The van der Waals surface area contributed by atoms with E-state index in [1.807, 2.05) is 45.2 Å². The first-order valence-electron chi connectivity index (χ1n) is 8.87. The number of carbonyl (C=O) groups excluding carboxylic acids is 2. The van der Waals surface area contributed by atoms with E-state index in [1.54, 1.807) is 11.3 Å². The van der Waals surface area contributed by atoms with Crippen LogP contribution in [0.1, 0.15) is 58.3 Å². The Morgan fingerprint density at radius 1 is 1.40 bits per heavy atom. The summed E-state index contributed by atoms with van der Waals surface area (Å²) in [5.74, 6) is -0.625. The molecule has 0 aliphatic carbocycles. The van der Waals surface area contributed by atoms with Crippen LogP contribution in [0.2, 0.25) is 0 Å². The molecule has 1 saturated heterocycles. The quantitative estimate of drug-likeness (QED) is 0.648. The number of rotatable bonds is 8. The van der Waals surface area contributed by atoms with Crippen molar-refractivity contribution in [2.45, 2.75) is 65.1 Å². The SMILES string of the molecule is CCC(CC(=O)OC1(c2cccs2)CCOC1)OC(=O)C(C)(C)CC. The first kappa shape index (κ1) is 19.9. The van der Waals surface area contributed by atoms with Crippen LogP contribution in [-0.4, -0.2) is 31.3 Å². The summed E-state index contributed by atoms with van der Waals surface area (Å²) in [5, 5.41) is 1.96. The molecule has 0 N–H and O–H groups in total.